The van der Waals surface area contributed by atoms with Gasteiger partial charge in [-0.05, 0) is 35.7 Å². The summed E-state index contributed by atoms with van der Waals surface area (Å²) in [7, 11) is 1.75. The molecule has 5 heteroatoms. The van der Waals surface area contributed by atoms with Crippen molar-refractivity contribution >= 4 is 5.91 Å². The van der Waals surface area contributed by atoms with Gasteiger partial charge in [-0.2, -0.15) is 8.78 Å². The van der Waals surface area contributed by atoms with E-state index in [2.05, 4.69) is 4.74 Å². The second kappa shape index (κ2) is 7.72. The summed E-state index contributed by atoms with van der Waals surface area (Å²) in [6.45, 7) is -0.296. The third-order valence-corrected chi connectivity index (χ3v) is 3.60. The second-order valence-corrected chi connectivity index (χ2v) is 5.38. The van der Waals surface area contributed by atoms with Gasteiger partial charge in [0.25, 0.3) is 0 Å². The van der Waals surface area contributed by atoms with Crippen LogP contribution in [0.3, 0.4) is 0 Å². The number of ether oxygens (including phenoxy) is 1. The van der Waals surface area contributed by atoms with E-state index in [1.165, 1.54) is 12.1 Å². The molecule has 0 aromatic heterocycles. The molecule has 0 saturated carbocycles. The monoisotopic (exact) mass is 319 g/mol. The molecular weight excluding hydrogens is 300 g/mol. The Morgan fingerprint density at radius 1 is 1.13 bits per heavy atom. The smallest absolute Gasteiger partial charge is 0.387 e. The molecule has 0 N–H and O–H groups in total. The van der Waals surface area contributed by atoms with Crippen molar-refractivity contribution < 1.29 is 18.3 Å². The first-order valence-electron chi connectivity index (χ1n) is 7.28. The number of likely N-dealkylation sites (N-methyl/N-ethyl adjacent to an activating group) is 1. The Labute approximate surface area is 134 Å². The molecule has 0 saturated heterocycles. The van der Waals surface area contributed by atoms with Crippen LogP contribution in [0.4, 0.5) is 8.78 Å². The summed E-state index contributed by atoms with van der Waals surface area (Å²) in [6, 6.07) is 14.0. The molecule has 0 aliphatic carbocycles. The Balaban J connectivity index is 1.94. The number of benzene rings is 2. The minimum atomic E-state index is -2.84. The van der Waals surface area contributed by atoms with Crippen LogP contribution in [0.15, 0.2) is 48.5 Å². The number of nitrogens with zero attached hydrogens (tertiary/aromatic N) is 1. The molecule has 122 valence electrons. The number of aryl methyl sites for hydroxylation is 1. The van der Waals surface area contributed by atoms with E-state index in [1.807, 2.05) is 31.2 Å². The number of alkyl halides is 2. The van der Waals surface area contributed by atoms with E-state index in [-0.39, 0.29) is 18.1 Å². The zero-order valence-corrected chi connectivity index (χ0v) is 13.1. The van der Waals surface area contributed by atoms with Gasteiger partial charge in [0.15, 0.2) is 0 Å². The van der Waals surface area contributed by atoms with Crippen molar-refractivity contribution in [2.45, 2.75) is 26.5 Å². The number of hydrogen-bond donors (Lipinski definition) is 0. The van der Waals surface area contributed by atoms with Crippen LogP contribution in [-0.4, -0.2) is 24.5 Å². The first-order chi connectivity index (χ1) is 11.0. The maximum absolute atomic E-state index is 12.3. The first kappa shape index (κ1) is 16.9. The highest BCUT2D eigenvalue weighted by molar-refractivity contribution is 5.78. The fraction of sp³-hybridized carbons (Fsp3) is 0.278. The largest absolute Gasteiger partial charge is 0.435 e. The van der Waals surface area contributed by atoms with Crippen molar-refractivity contribution in [2.75, 3.05) is 7.05 Å². The normalized spacial score (nSPS) is 10.7. The van der Waals surface area contributed by atoms with Crippen molar-refractivity contribution in [1.82, 2.24) is 4.90 Å². The molecular formula is C18H19F2NO2. The Morgan fingerprint density at radius 2 is 1.78 bits per heavy atom. The number of carbonyl (C=O) groups excluding carboxylic acids is 1. The Kier molecular flexibility index (Phi) is 5.68. The standard InChI is InChI=1S/C18H19F2NO2/c1-13-5-3-4-6-15(13)12-21(2)17(22)11-14-7-9-16(10-8-14)23-18(19)20/h3-10,18H,11-12H2,1-2H3. The lowest BCUT2D eigenvalue weighted by Gasteiger charge is -2.18. The number of hydrogen-bond acceptors (Lipinski definition) is 2. The van der Waals surface area contributed by atoms with E-state index in [4.69, 9.17) is 0 Å². The Hall–Kier alpha value is -2.43. The van der Waals surface area contributed by atoms with E-state index in [9.17, 15) is 13.6 Å². The lowest BCUT2D eigenvalue weighted by Crippen LogP contribution is -2.28. The van der Waals surface area contributed by atoms with Crippen LogP contribution in [-0.2, 0) is 17.8 Å². The predicted octanol–water partition coefficient (Wildman–Crippen LogP) is 3.80. The zero-order chi connectivity index (χ0) is 16.8. The van der Waals surface area contributed by atoms with E-state index in [0.29, 0.717) is 6.54 Å². The van der Waals surface area contributed by atoms with E-state index >= 15 is 0 Å². The van der Waals surface area contributed by atoms with Crippen molar-refractivity contribution in [2.24, 2.45) is 0 Å². The van der Waals surface area contributed by atoms with Crippen LogP contribution in [0, 0.1) is 6.92 Å². The molecule has 0 unspecified atom stereocenters. The maximum Gasteiger partial charge on any atom is 0.387 e. The summed E-state index contributed by atoms with van der Waals surface area (Å²) in [5.74, 6) is 0.0558. The van der Waals surface area contributed by atoms with E-state index < -0.39 is 6.61 Å². The first-order valence-corrected chi connectivity index (χ1v) is 7.28. The molecule has 0 heterocycles. The van der Waals surface area contributed by atoms with Crippen LogP contribution in [0.1, 0.15) is 16.7 Å². The highest BCUT2D eigenvalue weighted by Gasteiger charge is 2.12. The molecule has 3 nitrogen and oxygen atoms in total. The summed E-state index contributed by atoms with van der Waals surface area (Å²) in [4.78, 5) is 13.9. The molecule has 23 heavy (non-hydrogen) atoms. The Bertz CT molecular complexity index is 656. The van der Waals surface area contributed by atoms with Gasteiger partial charge in [-0.1, -0.05) is 36.4 Å². The highest BCUT2D eigenvalue weighted by Crippen LogP contribution is 2.16. The summed E-state index contributed by atoms with van der Waals surface area (Å²) in [6.07, 6.45) is 0.220. The average molecular weight is 319 g/mol. The van der Waals surface area contributed by atoms with Crippen molar-refractivity contribution in [3.8, 4) is 5.75 Å². The summed E-state index contributed by atoms with van der Waals surface area (Å²) >= 11 is 0. The SMILES string of the molecule is Cc1ccccc1CN(C)C(=O)Cc1ccc(OC(F)F)cc1. The molecule has 0 aliphatic rings. The fourth-order valence-corrected chi connectivity index (χ4v) is 2.23. The molecule has 0 atom stereocenters. The molecule has 2 aromatic rings. The van der Waals surface area contributed by atoms with Crippen molar-refractivity contribution in [3.63, 3.8) is 0 Å². The quantitative estimate of drug-likeness (QED) is 0.810. The molecule has 0 radical (unpaired) electrons. The van der Waals surface area contributed by atoms with Gasteiger partial charge < -0.3 is 9.64 Å². The number of amides is 1. The van der Waals surface area contributed by atoms with Gasteiger partial charge in [0, 0.05) is 13.6 Å². The zero-order valence-electron chi connectivity index (χ0n) is 13.1. The van der Waals surface area contributed by atoms with Crippen LogP contribution in [0.2, 0.25) is 0 Å². The molecule has 0 fully saturated rings. The van der Waals surface area contributed by atoms with Crippen LogP contribution in [0.5, 0.6) is 5.75 Å². The van der Waals surface area contributed by atoms with Crippen LogP contribution in [0.25, 0.3) is 0 Å². The van der Waals surface area contributed by atoms with Crippen molar-refractivity contribution in [1.29, 1.82) is 0 Å². The minimum Gasteiger partial charge on any atom is -0.435 e. The number of rotatable bonds is 6. The van der Waals surface area contributed by atoms with Crippen molar-refractivity contribution in [3.05, 3.63) is 65.2 Å². The molecule has 0 bridgehead atoms. The fourth-order valence-electron chi connectivity index (χ4n) is 2.23. The van der Waals surface area contributed by atoms with Gasteiger partial charge in [0.1, 0.15) is 5.75 Å². The van der Waals surface area contributed by atoms with Gasteiger partial charge in [-0.15, -0.1) is 0 Å². The molecule has 2 aromatic carbocycles. The summed E-state index contributed by atoms with van der Waals surface area (Å²) in [5, 5.41) is 0. The average Bonchev–Trinajstić information content (AvgIpc) is 2.51. The lowest BCUT2D eigenvalue weighted by atomic mass is 10.1. The van der Waals surface area contributed by atoms with E-state index in [0.717, 1.165) is 16.7 Å². The third-order valence-electron chi connectivity index (χ3n) is 3.60. The van der Waals surface area contributed by atoms with Gasteiger partial charge in [-0.3, -0.25) is 4.79 Å². The maximum atomic E-state index is 12.3. The van der Waals surface area contributed by atoms with Gasteiger partial charge in [0.2, 0.25) is 5.91 Å². The second-order valence-electron chi connectivity index (χ2n) is 5.38. The topological polar surface area (TPSA) is 29.5 Å². The number of carbonyl (C=O) groups is 1. The predicted molar refractivity (Wildman–Crippen MR) is 84.4 cm³/mol. The molecule has 2 rings (SSSR count). The number of halogens is 2. The van der Waals surface area contributed by atoms with Gasteiger partial charge in [0.05, 0.1) is 6.42 Å². The van der Waals surface area contributed by atoms with Gasteiger partial charge >= 0.3 is 6.61 Å². The Morgan fingerprint density at radius 3 is 2.39 bits per heavy atom. The highest BCUT2D eigenvalue weighted by atomic mass is 19.3. The molecule has 0 spiro atoms. The van der Waals surface area contributed by atoms with Crippen LogP contribution < -0.4 is 4.74 Å². The third kappa shape index (κ3) is 5.06. The lowest BCUT2D eigenvalue weighted by molar-refractivity contribution is -0.129. The van der Waals surface area contributed by atoms with E-state index in [1.54, 1.807) is 24.1 Å². The summed E-state index contributed by atoms with van der Waals surface area (Å²) < 4.78 is 28.5. The summed E-state index contributed by atoms with van der Waals surface area (Å²) in [5.41, 5.74) is 3.00. The molecule has 0 aliphatic heterocycles. The van der Waals surface area contributed by atoms with Gasteiger partial charge in [-0.25, -0.2) is 0 Å². The minimum absolute atomic E-state index is 0.0317. The van der Waals surface area contributed by atoms with Crippen LogP contribution >= 0.6 is 0 Å². The molecule has 1 amide bonds.